The average Bonchev–Trinajstić information content (AvgIpc) is 2.87. The number of carbonyl (C=O) groups is 3. The van der Waals surface area contributed by atoms with Gasteiger partial charge in [0, 0.05) is 30.3 Å². The maximum absolute atomic E-state index is 12.8. The minimum atomic E-state index is -0.588. The SMILES string of the molecule is CCc1ccc(NC(=O)OCCN(CCCCNC(=O)CN)C(=O)NCc2ccccc2Cl)cc1. The van der Waals surface area contributed by atoms with Gasteiger partial charge in [-0.25, -0.2) is 9.59 Å². The van der Waals surface area contributed by atoms with E-state index in [9.17, 15) is 14.4 Å². The Morgan fingerprint density at radius 2 is 1.74 bits per heavy atom. The van der Waals surface area contributed by atoms with Crippen LogP contribution in [0, 0.1) is 0 Å². The molecule has 0 aromatic heterocycles. The molecule has 4 amide bonds. The van der Waals surface area contributed by atoms with Gasteiger partial charge in [0.25, 0.3) is 0 Å². The van der Waals surface area contributed by atoms with E-state index in [4.69, 9.17) is 22.1 Å². The van der Waals surface area contributed by atoms with Crippen molar-refractivity contribution >= 4 is 35.3 Å². The van der Waals surface area contributed by atoms with Crippen molar-refractivity contribution in [2.75, 3.05) is 38.1 Å². The molecule has 0 radical (unpaired) electrons. The van der Waals surface area contributed by atoms with E-state index in [0.29, 0.717) is 36.6 Å². The van der Waals surface area contributed by atoms with Crippen LogP contribution in [0.15, 0.2) is 48.5 Å². The highest BCUT2D eigenvalue weighted by Crippen LogP contribution is 2.14. The normalized spacial score (nSPS) is 10.4. The summed E-state index contributed by atoms with van der Waals surface area (Å²) in [5.74, 6) is -0.219. The van der Waals surface area contributed by atoms with Crippen molar-refractivity contribution in [3.8, 4) is 0 Å². The minimum absolute atomic E-state index is 0.0301. The van der Waals surface area contributed by atoms with Crippen molar-refractivity contribution in [3.63, 3.8) is 0 Å². The molecule has 0 bridgehead atoms. The highest BCUT2D eigenvalue weighted by molar-refractivity contribution is 6.31. The van der Waals surface area contributed by atoms with Crippen LogP contribution < -0.4 is 21.7 Å². The van der Waals surface area contributed by atoms with Gasteiger partial charge in [0.2, 0.25) is 5.91 Å². The van der Waals surface area contributed by atoms with Crippen LogP contribution >= 0.6 is 11.6 Å². The molecule has 190 valence electrons. The Morgan fingerprint density at radius 3 is 2.43 bits per heavy atom. The molecule has 0 heterocycles. The van der Waals surface area contributed by atoms with Crippen molar-refractivity contribution in [2.45, 2.75) is 32.7 Å². The Labute approximate surface area is 211 Å². The maximum Gasteiger partial charge on any atom is 0.411 e. The molecule has 9 nitrogen and oxygen atoms in total. The first-order chi connectivity index (χ1) is 16.9. The summed E-state index contributed by atoms with van der Waals surface area (Å²) < 4.78 is 5.27. The van der Waals surface area contributed by atoms with Crippen LogP contribution in [-0.4, -0.2) is 55.7 Å². The molecular weight excluding hydrogens is 470 g/mol. The summed E-state index contributed by atoms with van der Waals surface area (Å²) in [4.78, 5) is 37.8. The van der Waals surface area contributed by atoms with Gasteiger partial charge in [-0.05, 0) is 48.6 Å². The predicted molar refractivity (Wildman–Crippen MR) is 137 cm³/mol. The molecule has 0 spiro atoms. The second-order valence-electron chi connectivity index (χ2n) is 7.81. The van der Waals surface area contributed by atoms with E-state index in [1.807, 2.05) is 42.5 Å². The van der Waals surface area contributed by atoms with E-state index in [1.54, 1.807) is 11.0 Å². The maximum atomic E-state index is 12.8. The third-order valence-electron chi connectivity index (χ3n) is 5.24. The number of rotatable bonds is 13. The van der Waals surface area contributed by atoms with Crippen LogP contribution in [0.3, 0.4) is 0 Å². The van der Waals surface area contributed by atoms with Crippen LogP contribution in [0.1, 0.15) is 30.9 Å². The van der Waals surface area contributed by atoms with E-state index in [-0.39, 0.29) is 38.2 Å². The van der Waals surface area contributed by atoms with Crippen LogP contribution in [-0.2, 0) is 22.5 Å². The molecule has 0 aliphatic rings. The zero-order valence-electron chi connectivity index (χ0n) is 20.0. The molecule has 0 atom stereocenters. The lowest BCUT2D eigenvalue weighted by atomic mass is 10.1. The van der Waals surface area contributed by atoms with Crippen LogP contribution in [0.2, 0.25) is 5.02 Å². The Morgan fingerprint density at radius 1 is 1.00 bits per heavy atom. The summed E-state index contributed by atoms with van der Waals surface area (Å²) in [6.45, 7) is 3.42. The summed E-state index contributed by atoms with van der Waals surface area (Å²) in [6.07, 6.45) is 1.66. The first kappa shape index (κ1) is 27.9. The van der Waals surface area contributed by atoms with Crippen molar-refractivity contribution in [2.24, 2.45) is 5.73 Å². The van der Waals surface area contributed by atoms with Gasteiger partial charge >= 0.3 is 12.1 Å². The molecule has 0 fully saturated rings. The lowest BCUT2D eigenvalue weighted by Crippen LogP contribution is -2.42. The number of halogens is 1. The quantitative estimate of drug-likeness (QED) is 0.311. The minimum Gasteiger partial charge on any atom is -0.447 e. The summed E-state index contributed by atoms with van der Waals surface area (Å²) in [5.41, 5.74) is 7.89. The molecule has 35 heavy (non-hydrogen) atoms. The van der Waals surface area contributed by atoms with E-state index in [2.05, 4.69) is 22.9 Å². The first-order valence-electron chi connectivity index (χ1n) is 11.7. The molecular formula is C25H34ClN5O4. The van der Waals surface area contributed by atoms with Gasteiger partial charge in [-0.3, -0.25) is 10.1 Å². The van der Waals surface area contributed by atoms with E-state index in [0.717, 1.165) is 12.0 Å². The van der Waals surface area contributed by atoms with Gasteiger partial charge < -0.3 is 26.0 Å². The van der Waals surface area contributed by atoms with Crippen LogP contribution in [0.25, 0.3) is 0 Å². The van der Waals surface area contributed by atoms with Crippen LogP contribution in [0.4, 0.5) is 15.3 Å². The van der Waals surface area contributed by atoms with Crippen LogP contribution in [0.5, 0.6) is 0 Å². The van der Waals surface area contributed by atoms with E-state index in [1.165, 1.54) is 5.56 Å². The largest absolute Gasteiger partial charge is 0.447 e. The highest BCUT2D eigenvalue weighted by Gasteiger charge is 2.15. The first-order valence-corrected chi connectivity index (χ1v) is 12.1. The van der Waals surface area contributed by atoms with Gasteiger partial charge in [0.15, 0.2) is 0 Å². The number of hydrogen-bond donors (Lipinski definition) is 4. The fourth-order valence-corrected chi connectivity index (χ4v) is 3.40. The molecule has 2 rings (SSSR count). The Balaban J connectivity index is 1.84. The number of carbonyl (C=O) groups excluding carboxylic acids is 3. The van der Waals surface area contributed by atoms with Crippen molar-refractivity contribution in [1.82, 2.24) is 15.5 Å². The molecule has 0 unspecified atom stereocenters. The number of amides is 4. The third kappa shape index (κ3) is 10.7. The zero-order valence-corrected chi connectivity index (χ0v) is 20.8. The van der Waals surface area contributed by atoms with Gasteiger partial charge in [0.05, 0.1) is 13.1 Å². The number of aryl methyl sites for hydroxylation is 1. The van der Waals surface area contributed by atoms with Crippen molar-refractivity contribution in [1.29, 1.82) is 0 Å². The standard InChI is InChI=1S/C25H34ClN5O4/c1-2-19-9-11-21(12-10-19)30-25(34)35-16-15-31(14-6-5-13-28-23(32)17-27)24(33)29-18-20-7-3-4-8-22(20)26/h3-4,7-12H,2,5-6,13-18,27H2,1H3,(H,28,32)(H,29,33)(H,30,34). The van der Waals surface area contributed by atoms with E-state index >= 15 is 0 Å². The number of nitrogens with two attached hydrogens (primary N) is 1. The predicted octanol–water partition coefficient (Wildman–Crippen LogP) is 3.52. The van der Waals surface area contributed by atoms with Gasteiger partial charge in [-0.15, -0.1) is 0 Å². The Kier molecular flexibility index (Phi) is 12.4. The lowest BCUT2D eigenvalue weighted by Gasteiger charge is -2.23. The molecule has 2 aromatic carbocycles. The molecule has 5 N–H and O–H groups in total. The third-order valence-corrected chi connectivity index (χ3v) is 5.61. The van der Waals surface area contributed by atoms with Gasteiger partial charge in [-0.1, -0.05) is 48.9 Å². The number of nitrogens with zero attached hydrogens (tertiary/aromatic N) is 1. The number of ether oxygens (including phenoxy) is 1. The van der Waals surface area contributed by atoms with Gasteiger partial charge in [0.1, 0.15) is 6.61 Å². The Bertz CT molecular complexity index is 955. The monoisotopic (exact) mass is 503 g/mol. The smallest absolute Gasteiger partial charge is 0.411 e. The second-order valence-corrected chi connectivity index (χ2v) is 8.22. The number of benzene rings is 2. The lowest BCUT2D eigenvalue weighted by molar-refractivity contribution is -0.119. The summed E-state index contributed by atoms with van der Waals surface area (Å²) in [7, 11) is 0. The Hall–Kier alpha value is -3.30. The molecule has 0 aliphatic carbocycles. The number of hydrogen-bond acceptors (Lipinski definition) is 5. The summed E-state index contributed by atoms with van der Waals surface area (Å²) in [6, 6.07) is 14.5. The summed E-state index contributed by atoms with van der Waals surface area (Å²) in [5, 5.41) is 8.81. The molecule has 0 saturated heterocycles. The molecule has 0 aliphatic heterocycles. The van der Waals surface area contributed by atoms with Gasteiger partial charge in [-0.2, -0.15) is 0 Å². The number of urea groups is 1. The number of anilines is 1. The van der Waals surface area contributed by atoms with E-state index < -0.39 is 6.09 Å². The fraction of sp³-hybridized carbons (Fsp3) is 0.400. The second kappa shape index (κ2) is 15.6. The number of nitrogens with one attached hydrogen (secondary N) is 3. The topological polar surface area (TPSA) is 126 Å². The highest BCUT2D eigenvalue weighted by atomic mass is 35.5. The van der Waals surface area contributed by atoms with Crippen molar-refractivity contribution in [3.05, 3.63) is 64.7 Å². The number of unbranched alkanes of at least 4 members (excludes halogenated alkanes) is 1. The van der Waals surface area contributed by atoms with Crippen molar-refractivity contribution < 1.29 is 19.1 Å². The average molecular weight is 504 g/mol. The molecule has 0 saturated carbocycles. The summed E-state index contributed by atoms with van der Waals surface area (Å²) >= 11 is 6.17. The fourth-order valence-electron chi connectivity index (χ4n) is 3.19. The molecule has 10 heteroatoms. The zero-order chi connectivity index (χ0) is 25.5. The molecule has 2 aromatic rings.